The van der Waals surface area contributed by atoms with E-state index in [1.54, 1.807) is 7.11 Å². The first kappa shape index (κ1) is 14.8. The van der Waals surface area contributed by atoms with E-state index in [-0.39, 0.29) is 11.6 Å². The number of hydrogen-bond acceptors (Lipinski definition) is 4. The van der Waals surface area contributed by atoms with Gasteiger partial charge in [0.2, 0.25) is 0 Å². The van der Waals surface area contributed by atoms with Gasteiger partial charge in [0.05, 0.1) is 22.0 Å². The molecule has 108 valence electrons. The van der Waals surface area contributed by atoms with Crippen LogP contribution in [0.25, 0.3) is 0 Å². The number of nitrogens with zero attached hydrogens (tertiary/aromatic N) is 2. The maximum absolute atomic E-state index is 6.28. The van der Waals surface area contributed by atoms with Gasteiger partial charge in [-0.2, -0.15) is 5.10 Å². The summed E-state index contributed by atoms with van der Waals surface area (Å²) in [5.41, 5.74) is 4.77. The van der Waals surface area contributed by atoms with Gasteiger partial charge in [0, 0.05) is 26.6 Å². The lowest BCUT2D eigenvalue weighted by molar-refractivity contribution is -0.0835. The fraction of sp³-hybridized carbons (Fsp3) is 0.769. The Bertz CT molecular complexity index is 437. The van der Waals surface area contributed by atoms with Crippen molar-refractivity contribution in [3.05, 3.63) is 16.4 Å². The van der Waals surface area contributed by atoms with Gasteiger partial charge in [-0.3, -0.25) is 16.0 Å². The molecule has 6 heteroatoms. The zero-order valence-corrected chi connectivity index (χ0v) is 12.6. The zero-order chi connectivity index (χ0) is 14.0. The summed E-state index contributed by atoms with van der Waals surface area (Å²) in [6, 6.07) is 0.146. The number of rotatable bonds is 6. The second-order valence-electron chi connectivity index (χ2n) is 5.48. The van der Waals surface area contributed by atoms with Crippen molar-refractivity contribution in [3.8, 4) is 0 Å². The number of nitrogens with two attached hydrogens (primary N) is 1. The fourth-order valence-electron chi connectivity index (χ4n) is 2.84. The van der Waals surface area contributed by atoms with Crippen LogP contribution in [-0.2, 0) is 18.2 Å². The SMILES string of the molecule is COC1(CC(Cc2c(Cl)c(C)nn2C)NN)CCC1. The lowest BCUT2D eigenvalue weighted by Crippen LogP contribution is -2.48. The van der Waals surface area contributed by atoms with Crippen LogP contribution >= 0.6 is 11.6 Å². The van der Waals surface area contributed by atoms with Gasteiger partial charge in [0.25, 0.3) is 0 Å². The molecular weight excluding hydrogens is 264 g/mol. The molecule has 1 aromatic rings. The molecule has 1 heterocycles. The monoisotopic (exact) mass is 286 g/mol. The Morgan fingerprint density at radius 3 is 2.63 bits per heavy atom. The van der Waals surface area contributed by atoms with Gasteiger partial charge in [0.1, 0.15) is 0 Å². The van der Waals surface area contributed by atoms with Gasteiger partial charge >= 0.3 is 0 Å². The fourth-order valence-corrected chi connectivity index (χ4v) is 3.07. The van der Waals surface area contributed by atoms with Crippen LogP contribution in [-0.4, -0.2) is 28.5 Å². The average Bonchev–Trinajstić information content (AvgIpc) is 2.58. The minimum atomic E-state index is -0.00283. The van der Waals surface area contributed by atoms with Crippen LogP contribution in [0.15, 0.2) is 0 Å². The third-order valence-corrected chi connectivity index (χ3v) is 4.74. The van der Waals surface area contributed by atoms with Crippen molar-refractivity contribution in [2.75, 3.05) is 7.11 Å². The van der Waals surface area contributed by atoms with Crippen LogP contribution in [0, 0.1) is 6.92 Å². The van der Waals surface area contributed by atoms with Gasteiger partial charge in [0.15, 0.2) is 0 Å². The highest BCUT2D eigenvalue weighted by Gasteiger charge is 2.39. The van der Waals surface area contributed by atoms with E-state index in [0.717, 1.165) is 42.1 Å². The molecule has 1 aromatic heterocycles. The molecule has 1 aliphatic carbocycles. The van der Waals surface area contributed by atoms with Crippen molar-refractivity contribution in [2.24, 2.45) is 12.9 Å². The molecule has 0 aliphatic heterocycles. The summed E-state index contributed by atoms with van der Waals surface area (Å²) in [7, 11) is 3.70. The molecule has 1 saturated carbocycles. The molecule has 0 amide bonds. The van der Waals surface area contributed by atoms with Crippen molar-refractivity contribution in [2.45, 2.75) is 50.7 Å². The van der Waals surface area contributed by atoms with Crippen molar-refractivity contribution in [3.63, 3.8) is 0 Å². The molecule has 1 unspecified atom stereocenters. The van der Waals surface area contributed by atoms with E-state index in [4.69, 9.17) is 22.2 Å². The summed E-state index contributed by atoms with van der Waals surface area (Å²) < 4.78 is 7.49. The maximum atomic E-state index is 6.28. The number of methoxy groups -OCH3 is 1. The van der Waals surface area contributed by atoms with E-state index in [1.165, 1.54) is 6.42 Å². The molecule has 1 fully saturated rings. The molecule has 0 radical (unpaired) electrons. The second-order valence-corrected chi connectivity index (χ2v) is 5.86. The molecule has 0 spiro atoms. The van der Waals surface area contributed by atoms with Crippen LogP contribution < -0.4 is 11.3 Å². The topological polar surface area (TPSA) is 65.1 Å². The highest BCUT2D eigenvalue weighted by atomic mass is 35.5. The van der Waals surface area contributed by atoms with Crippen LogP contribution in [0.2, 0.25) is 5.02 Å². The molecule has 2 rings (SSSR count). The van der Waals surface area contributed by atoms with E-state index >= 15 is 0 Å². The van der Waals surface area contributed by atoms with Crippen LogP contribution in [0.5, 0.6) is 0 Å². The number of ether oxygens (including phenoxy) is 1. The molecule has 1 atom stereocenters. The summed E-state index contributed by atoms with van der Waals surface area (Å²) in [6.07, 6.45) is 5.12. The first-order chi connectivity index (χ1) is 9.01. The Morgan fingerprint density at radius 1 is 1.58 bits per heavy atom. The zero-order valence-electron chi connectivity index (χ0n) is 11.9. The van der Waals surface area contributed by atoms with Crippen molar-refractivity contribution < 1.29 is 4.74 Å². The predicted octanol–water partition coefficient (Wildman–Crippen LogP) is 1.72. The van der Waals surface area contributed by atoms with Gasteiger partial charge in [-0.1, -0.05) is 11.6 Å². The van der Waals surface area contributed by atoms with Gasteiger partial charge < -0.3 is 4.74 Å². The molecule has 19 heavy (non-hydrogen) atoms. The van der Waals surface area contributed by atoms with E-state index in [1.807, 2.05) is 18.7 Å². The summed E-state index contributed by atoms with van der Waals surface area (Å²) >= 11 is 6.28. The summed E-state index contributed by atoms with van der Waals surface area (Å²) in [5, 5.41) is 5.07. The van der Waals surface area contributed by atoms with E-state index in [9.17, 15) is 0 Å². The molecule has 3 N–H and O–H groups in total. The summed E-state index contributed by atoms with van der Waals surface area (Å²) in [6.45, 7) is 1.92. The largest absolute Gasteiger partial charge is 0.378 e. The van der Waals surface area contributed by atoms with Crippen LogP contribution in [0.1, 0.15) is 37.1 Å². The number of halogens is 1. The lowest BCUT2D eigenvalue weighted by Gasteiger charge is -2.42. The second kappa shape index (κ2) is 5.79. The first-order valence-electron chi connectivity index (χ1n) is 6.70. The molecule has 1 aliphatic rings. The van der Waals surface area contributed by atoms with Gasteiger partial charge in [-0.05, 0) is 32.6 Å². The number of aromatic nitrogens is 2. The molecule has 0 bridgehead atoms. The number of aryl methyl sites for hydroxylation is 2. The molecule has 5 nitrogen and oxygen atoms in total. The molecule has 0 aromatic carbocycles. The summed E-state index contributed by atoms with van der Waals surface area (Å²) in [5.74, 6) is 5.69. The number of nitrogens with one attached hydrogen (secondary N) is 1. The Labute approximate surface area is 119 Å². The molecular formula is C13H23ClN4O. The number of hydrogen-bond donors (Lipinski definition) is 2. The standard InChI is InChI=1S/C13H23ClN4O/c1-9-12(14)11(18(2)17-9)7-10(16-15)8-13(19-3)5-4-6-13/h10,16H,4-8,15H2,1-3H3. The smallest absolute Gasteiger partial charge is 0.0847 e. The highest BCUT2D eigenvalue weighted by molar-refractivity contribution is 6.31. The van der Waals surface area contributed by atoms with E-state index in [2.05, 4.69) is 10.5 Å². The maximum Gasteiger partial charge on any atom is 0.0847 e. The third-order valence-electron chi connectivity index (χ3n) is 4.25. The van der Waals surface area contributed by atoms with Crippen molar-refractivity contribution in [1.82, 2.24) is 15.2 Å². The Morgan fingerprint density at radius 2 is 2.26 bits per heavy atom. The van der Waals surface area contributed by atoms with Crippen molar-refractivity contribution in [1.29, 1.82) is 0 Å². The third kappa shape index (κ3) is 2.94. The normalized spacial score (nSPS) is 19.2. The van der Waals surface area contributed by atoms with Crippen LogP contribution in [0.4, 0.5) is 0 Å². The van der Waals surface area contributed by atoms with Gasteiger partial charge in [-0.15, -0.1) is 0 Å². The van der Waals surface area contributed by atoms with E-state index < -0.39 is 0 Å². The Hall–Kier alpha value is -0.620. The average molecular weight is 287 g/mol. The Balaban J connectivity index is 2.06. The van der Waals surface area contributed by atoms with E-state index in [0.29, 0.717) is 0 Å². The Kier molecular flexibility index (Phi) is 4.50. The van der Waals surface area contributed by atoms with Gasteiger partial charge in [-0.25, -0.2) is 0 Å². The van der Waals surface area contributed by atoms with Crippen LogP contribution in [0.3, 0.4) is 0 Å². The molecule has 0 saturated heterocycles. The minimum Gasteiger partial charge on any atom is -0.378 e. The number of hydrazine groups is 1. The first-order valence-corrected chi connectivity index (χ1v) is 7.08. The predicted molar refractivity (Wildman–Crippen MR) is 76.0 cm³/mol. The quantitative estimate of drug-likeness (QED) is 0.617. The highest BCUT2D eigenvalue weighted by Crippen LogP contribution is 2.39. The van der Waals surface area contributed by atoms with Crippen molar-refractivity contribution >= 4 is 11.6 Å². The minimum absolute atomic E-state index is 0.00283. The summed E-state index contributed by atoms with van der Waals surface area (Å²) in [4.78, 5) is 0. The lowest BCUT2D eigenvalue weighted by atomic mass is 9.75.